The molecule has 10 heteroatoms. The van der Waals surface area contributed by atoms with Gasteiger partial charge in [0.15, 0.2) is 0 Å². The van der Waals surface area contributed by atoms with Gasteiger partial charge < -0.3 is 9.47 Å². The van der Waals surface area contributed by atoms with Crippen molar-refractivity contribution in [1.82, 2.24) is 5.32 Å². The highest BCUT2D eigenvalue weighted by atomic mass is 79.9. The largest absolute Gasteiger partial charge is 0.489 e. The Bertz CT molecular complexity index is 1660. The van der Waals surface area contributed by atoms with Gasteiger partial charge in [0, 0.05) is 20.6 Å². The molecule has 1 fully saturated rings. The fourth-order valence-electron chi connectivity index (χ4n) is 4.08. The molecule has 0 saturated carbocycles. The molecule has 1 aliphatic heterocycles. The van der Waals surface area contributed by atoms with Crippen molar-refractivity contribution in [3.63, 3.8) is 0 Å². The molecule has 1 aliphatic rings. The van der Waals surface area contributed by atoms with E-state index >= 15 is 0 Å². The van der Waals surface area contributed by atoms with Crippen LogP contribution in [0.4, 0.5) is 10.5 Å². The number of urea groups is 1. The summed E-state index contributed by atoms with van der Waals surface area (Å²) in [7, 11) is 0. The molecule has 41 heavy (non-hydrogen) atoms. The predicted octanol–water partition coefficient (Wildman–Crippen LogP) is 7.69. The summed E-state index contributed by atoms with van der Waals surface area (Å²) in [6.07, 6.45) is 1.39. The summed E-state index contributed by atoms with van der Waals surface area (Å²) in [5, 5.41) is 2.80. The van der Waals surface area contributed by atoms with Crippen LogP contribution in [0, 0.1) is 0 Å². The van der Waals surface area contributed by atoms with E-state index < -0.39 is 17.8 Å². The molecule has 0 bridgehead atoms. The number of ether oxygens (including phenoxy) is 2. The summed E-state index contributed by atoms with van der Waals surface area (Å²) >= 11 is 13.2. The number of hydrogen-bond donors (Lipinski definition) is 1. The van der Waals surface area contributed by atoms with E-state index in [0.29, 0.717) is 37.6 Å². The van der Waals surface area contributed by atoms with Crippen molar-refractivity contribution < 1.29 is 23.9 Å². The first-order valence-electron chi connectivity index (χ1n) is 12.3. The molecule has 1 saturated heterocycles. The molecule has 0 spiro atoms. The molecule has 4 amide bonds. The number of rotatable bonds is 8. The quantitative estimate of drug-likeness (QED) is 0.151. The van der Waals surface area contributed by atoms with Crippen LogP contribution in [0.2, 0.25) is 5.02 Å². The van der Waals surface area contributed by atoms with Crippen molar-refractivity contribution in [3.05, 3.63) is 127 Å². The Kier molecular flexibility index (Phi) is 8.87. The molecule has 0 radical (unpaired) electrons. The minimum Gasteiger partial charge on any atom is -0.489 e. The van der Waals surface area contributed by atoms with Crippen molar-refractivity contribution in [2.75, 3.05) is 4.90 Å². The van der Waals surface area contributed by atoms with E-state index in [-0.39, 0.29) is 17.9 Å². The molecule has 0 aromatic heterocycles. The SMILES string of the molecule is O=C1NC(=O)N(c2ccc(OCc3ccccc3)cc2)C(=O)/C1=C/c1cc(Br)cc(Br)c1OCc1ccccc1Cl. The number of anilines is 1. The Labute approximate surface area is 258 Å². The van der Waals surface area contributed by atoms with Crippen LogP contribution in [0.25, 0.3) is 6.08 Å². The van der Waals surface area contributed by atoms with Gasteiger partial charge in [-0.2, -0.15) is 0 Å². The summed E-state index contributed by atoms with van der Waals surface area (Å²) in [6, 6.07) is 26.1. The van der Waals surface area contributed by atoms with Crippen molar-refractivity contribution in [2.45, 2.75) is 13.2 Å². The Balaban J connectivity index is 1.40. The highest BCUT2D eigenvalue weighted by molar-refractivity contribution is 9.11. The number of carbonyl (C=O) groups excluding carboxylic acids is 3. The predicted molar refractivity (Wildman–Crippen MR) is 164 cm³/mol. The van der Waals surface area contributed by atoms with Crippen LogP contribution in [-0.2, 0) is 22.8 Å². The second-order valence-electron chi connectivity index (χ2n) is 8.91. The fourth-order valence-corrected chi connectivity index (χ4v) is 5.65. The Morgan fingerprint density at radius 2 is 1.54 bits per heavy atom. The first-order valence-corrected chi connectivity index (χ1v) is 14.3. The van der Waals surface area contributed by atoms with Gasteiger partial charge in [0.2, 0.25) is 0 Å². The van der Waals surface area contributed by atoms with Gasteiger partial charge in [-0.1, -0.05) is 76.1 Å². The van der Waals surface area contributed by atoms with E-state index in [0.717, 1.165) is 16.0 Å². The molecular formula is C31H21Br2ClN2O5. The van der Waals surface area contributed by atoms with Gasteiger partial charge in [-0.05, 0) is 70.0 Å². The molecule has 0 aliphatic carbocycles. The minimum absolute atomic E-state index is 0.152. The third kappa shape index (κ3) is 6.70. The summed E-state index contributed by atoms with van der Waals surface area (Å²) in [5.41, 5.74) is 2.26. The van der Waals surface area contributed by atoms with Gasteiger partial charge in [-0.15, -0.1) is 0 Å². The molecule has 0 unspecified atom stereocenters. The number of halogens is 3. The standard InChI is InChI=1S/C31H21Br2ClN2O5/c32-22-14-21(28(26(33)16-22)41-18-20-8-4-5-9-27(20)34)15-25-29(37)35-31(39)36(30(25)38)23-10-12-24(13-11-23)40-17-19-6-2-1-3-7-19/h1-16H,17-18H2,(H,35,37,39)/b25-15+. The van der Waals surface area contributed by atoms with Crippen molar-refractivity contribution in [2.24, 2.45) is 0 Å². The molecule has 206 valence electrons. The lowest BCUT2D eigenvalue weighted by molar-refractivity contribution is -0.122. The number of amides is 4. The lowest BCUT2D eigenvalue weighted by Crippen LogP contribution is -2.54. The Hall–Kier alpha value is -3.92. The van der Waals surface area contributed by atoms with E-state index in [1.807, 2.05) is 48.5 Å². The number of barbiturate groups is 1. The molecule has 0 atom stereocenters. The number of nitrogens with one attached hydrogen (secondary N) is 1. The molecular weight excluding hydrogens is 676 g/mol. The van der Waals surface area contributed by atoms with Gasteiger partial charge in [0.05, 0.1) is 10.2 Å². The molecule has 7 nitrogen and oxygen atoms in total. The van der Waals surface area contributed by atoms with Crippen LogP contribution in [0.3, 0.4) is 0 Å². The summed E-state index contributed by atoms with van der Waals surface area (Å²) < 4.78 is 13.1. The summed E-state index contributed by atoms with van der Waals surface area (Å²) in [5.74, 6) is -0.629. The average molecular weight is 697 g/mol. The number of hydrogen-bond acceptors (Lipinski definition) is 5. The monoisotopic (exact) mass is 694 g/mol. The van der Waals surface area contributed by atoms with Gasteiger partial charge in [0.25, 0.3) is 11.8 Å². The van der Waals surface area contributed by atoms with E-state index in [1.165, 1.54) is 6.08 Å². The van der Waals surface area contributed by atoms with E-state index in [4.69, 9.17) is 21.1 Å². The zero-order chi connectivity index (χ0) is 28.9. The van der Waals surface area contributed by atoms with Gasteiger partial charge in [-0.3, -0.25) is 14.9 Å². The minimum atomic E-state index is -0.847. The number of nitrogens with zero attached hydrogens (tertiary/aromatic N) is 1. The topological polar surface area (TPSA) is 84.9 Å². The maximum atomic E-state index is 13.5. The van der Waals surface area contributed by atoms with Crippen LogP contribution in [0.5, 0.6) is 11.5 Å². The maximum absolute atomic E-state index is 13.5. The lowest BCUT2D eigenvalue weighted by atomic mass is 10.1. The number of benzene rings is 4. The molecule has 1 N–H and O–H groups in total. The Morgan fingerprint density at radius 1 is 0.829 bits per heavy atom. The molecule has 5 rings (SSSR count). The third-order valence-electron chi connectivity index (χ3n) is 6.11. The average Bonchev–Trinajstić information content (AvgIpc) is 2.95. The maximum Gasteiger partial charge on any atom is 0.335 e. The third-order valence-corrected chi connectivity index (χ3v) is 7.53. The van der Waals surface area contributed by atoms with Crippen LogP contribution < -0.4 is 19.7 Å². The van der Waals surface area contributed by atoms with E-state index in [9.17, 15) is 14.4 Å². The van der Waals surface area contributed by atoms with E-state index in [2.05, 4.69) is 37.2 Å². The van der Waals surface area contributed by atoms with Crippen LogP contribution >= 0.6 is 43.5 Å². The highest BCUT2D eigenvalue weighted by Gasteiger charge is 2.37. The zero-order valence-electron chi connectivity index (χ0n) is 21.3. The van der Waals surface area contributed by atoms with Crippen molar-refractivity contribution in [3.8, 4) is 11.5 Å². The van der Waals surface area contributed by atoms with Gasteiger partial charge in [-0.25, -0.2) is 9.69 Å². The smallest absolute Gasteiger partial charge is 0.335 e. The van der Waals surface area contributed by atoms with Crippen LogP contribution in [-0.4, -0.2) is 17.8 Å². The van der Waals surface area contributed by atoms with Crippen LogP contribution in [0.15, 0.2) is 106 Å². The normalized spacial score (nSPS) is 14.3. The Morgan fingerprint density at radius 3 is 2.27 bits per heavy atom. The van der Waals surface area contributed by atoms with Crippen LogP contribution in [0.1, 0.15) is 16.7 Å². The number of imide groups is 2. The lowest BCUT2D eigenvalue weighted by Gasteiger charge is -2.26. The summed E-state index contributed by atoms with van der Waals surface area (Å²) in [4.78, 5) is 40.0. The second-order valence-corrected chi connectivity index (χ2v) is 11.1. The summed E-state index contributed by atoms with van der Waals surface area (Å²) in [6.45, 7) is 0.521. The van der Waals surface area contributed by atoms with E-state index in [1.54, 1.807) is 42.5 Å². The first kappa shape index (κ1) is 28.6. The van der Waals surface area contributed by atoms with Crippen molar-refractivity contribution >= 4 is 73.1 Å². The molecule has 4 aromatic carbocycles. The molecule has 1 heterocycles. The number of carbonyl (C=O) groups is 3. The fraction of sp³-hybridized carbons (Fsp3) is 0.0645. The first-order chi connectivity index (χ1) is 19.8. The van der Waals surface area contributed by atoms with Crippen molar-refractivity contribution in [1.29, 1.82) is 0 Å². The second kappa shape index (κ2) is 12.7. The zero-order valence-corrected chi connectivity index (χ0v) is 25.2. The van der Waals surface area contributed by atoms with Gasteiger partial charge >= 0.3 is 6.03 Å². The highest BCUT2D eigenvalue weighted by Crippen LogP contribution is 2.36. The van der Waals surface area contributed by atoms with Gasteiger partial charge in [0.1, 0.15) is 30.3 Å². The molecule has 4 aromatic rings.